The molecule has 23 heavy (non-hydrogen) atoms. The lowest BCUT2D eigenvalue weighted by Gasteiger charge is -2.06. The second-order valence-corrected chi connectivity index (χ2v) is 7.34. The summed E-state index contributed by atoms with van der Waals surface area (Å²) in [6, 6.07) is 0. The first kappa shape index (κ1) is 25.4. The van der Waals surface area contributed by atoms with E-state index in [4.69, 9.17) is 0 Å². The molecule has 0 heterocycles. The van der Waals surface area contributed by atoms with Crippen molar-refractivity contribution >= 4 is 0 Å². The molecule has 140 valence electrons. The molecular weight excluding hydrogens is 346 g/mol. The largest absolute Gasteiger partial charge is 1.00 e. The Labute approximate surface area is 158 Å². The van der Waals surface area contributed by atoms with E-state index < -0.39 is 0 Å². The maximum atomic E-state index is 3.77. The lowest BCUT2D eigenvalue weighted by molar-refractivity contribution is -0.858. The fourth-order valence-corrected chi connectivity index (χ4v) is 3.07. The Morgan fingerprint density at radius 3 is 1.17 bits per heavy atom. The van der Waals surface area contributed by atoms with Crippen molar-refractivity contribution < 1.29 is 21.9 Å². The zero-order valence-electron chi connectivity index (χ0n) is 16.2. The average molecular weight is 390 g/mol. The third kappa shape index (κ3) is 24.6. The molecule has 0 aliphatic heterocycles. The average Bonchev–Trinajstić information content (AvgIpc) is 2.50. The summed E-state index contributed by atoms with van der Waals surface area (Å²) in [6.45, 7) is 5.11. The van der Waals surface area contributed by atoms with Crippen molar-refractivity contribution in [2.24, 2.45) is 0 Å². The zero-order valence-corrected chi connectivity index (χ0v) is 17.8. The monoisotopic (exact) mass is 389 g/mol. The lowest BCUT2D eigenvalue weighted by Crippen LogP contribution is -3.05. The van der Waals surface area contributed by atoms with Gasteiger partial charge in [-0.1, -0.05) is 83.1 Å². The Hall–Kier alpha value is 0.180. The van der Waals surface area contributed by atoms with Crippen molar-refractivity contribution in [3.05, 3.63) is 12.7 Å². The van der Waals surface area contributed by atoms with Crippen molar-refractivity contribution in [1.29, 1.82) is 0 Å². The molecule has 0 saturated carbocycles. The van der Waals surface area contributed by atoms with Crippen molar-refractivity contribution in [3.63, 3.8) is 0 Å². The first-order valence-corrected chi connectivity index (χ1v) is 10.2. The van der Waals surface area contributed by atoms with Crippen LogP contribution in [0.1, 0.15) is 103 Å². The maximum absolute atomic E-state index is 3.77. The first-order valence-electron chi connectivity index (χ1n) is 10.2. The third-order valence-electron chi connectivity index (χ3n) is 4.59. The second kappa shape index (κ2) is 22.2. The minimum atomic E-state index is 0. The molecule has 0 aromatic carbocycles. The molecule has 1 nitrogen and oxygen atoms in total. The van der Waals surface area contributed by atoms with Crippen molar-refractivity contribution in [2.45, 2.75) is 103 Å². The first-order chi connectivity index (χ1) is 10.8. The number of hydrogen-bond donors (Lipinski definition) is 1. The van der Waals surface area contributed by atoms with E-state index in [0.717, 1.165) is 0 Å². The topological polar surface area (TPSA) is 4.44 Å². The predicted octanol–water partition coefficient (Wildman–Crippen LogP) is 2.56. The van der Waals surface area contributed by atoms with Crippen LogP contribution in [0.15, 0.2) is 12.7 Å². The van der Waals surface area contributed by atoms with Crippen molar-refractivity contribution in [3.8, 4) is 0 Å². The SMILES string of the molecule is C=CCCCCCCCCCCCCCCCCC[NH+](C)C.[Br-]. The molecule has 0 amide bonds. The van der Waals surface area contributed by atoms with E-state index >= 15 is 0 Å². The Morgan fingerprint density at radius 1 is 0.565 bits per heavy atom. The van der Waals surface area contributed by atoms with Crippen LogP contribution in [-0.4, -0.2) is 20.6 Å². The fourth-order valence-electron chi connectivity index (χ4n) is 3.07. The summed E-state index contributed by atoms with van der Waals surface area (Å²) in [5.74, 6) is 0. The highest BCUT2D eigenvalue weighted by Gasteiger charge is 1.96. The molecule has 2 heteroatoms. The molecule has 0 atom stereocenters. The summed E-state index contributed by atoms with van der Waals surface area (Å²) in [7, 11) is 4.51. The second-order valence-electron chi connectivity index (χ2n) is 7.34. The van der Waals surface area contributed by atoms with Crippen LogP contribution in [0.5, 0.6) is 0 Å². The van der Waals surface area contributed by atoms with Crippen LogP contribution < -0.4 is 21.9 Å². The molecule has 0 aliphatic rings. The summed E-state index contributed by atoms with van der Waals surface area (Å²) in [5, 5.41) is 0. The molecule has 0 radical (unpaired) electrons. The molecule has 0 saturated heterocycles. The van der Waals surface area contributed by atoms with Crippen LogP contribution in [-0.2, 0) is 0 Å². The summed E-state index contributed by atoms with van der Waals surface area (Å²) in [6.07, 6.45) is 25.0. The van der Waals surface area contributed by atoms with Gasteiger partial charge in [0.25, 0.3) is 0 Å². The fraction of sp³-hybridized carbons (Fsp3) is 0.905. The van der Waals surface area contributed by atoms with Gasteiger partial charge in [0.2, 0.25) is 0 Å². The van der Waals surface area contributed by atoms with Crippen molar-refractivity contribution in [1.82, 2.24) is 0 Å². The zero-order chi connectivity index (χ0) is 16.3. The van der Waals surface area contributed by atoms with E-state index in [1.54, 1.807) is 4.90 Å². The number of allylic oxidation sites excluding steroid dienone is 1. The van der Waals surface area contributed by atoms with Crippen LogP contribution >= 0.6 is 0 Å². The standard InChI is InChI=1S/C21H43N.BrH/c1-4-5-6-7-8-9-10-11-12-13-14-15-16-17-18-19-20-21-22(2)3;/h4H,1,5-21H2,2-3H3;1H. The third-order valence-corrected chi connectivity index (χ3v) is 4.59. The van der Waals surface area contributed by atoms with Crippen LogP contribution in [0.4, 0.5) is 0 Å². The van der Waals surface area contributed by atoms with Gasteiger partial charge in [0.1, 0.15) is 0 Å². The van der Waals surface area contributed by atoms with Crippen molar-refractivity contribution in [2.75, 3.05) is 20.6 Å². The molecule has 0 bridgehead atoms. The number of hydrogen-bond acceptors (Lipinski definition) is 0. The normalized spacial score (nSPS) is 10.7. The lowest BCUT2D eigenvalue weighted by atomic mass is 10.0. The van der Waals surface area contributed by atoms with E-state index in [9.17, 15) is 0 Å². The van der Waals surface area contributed by atoms with Gasteiger partial charge in [-0.15, -0.1) is 6.58 Å². The quantitative estimate of drug-likeness (QED) is 0.271. The van der Waals surface area contributed by atoms with E-state index in [-0.39, 0.29) is 17.0 Å². The number of unbranched alkanes of at least 4 members (excludes halogenated alkanes) is 15. The molecular formula is C21H44BrN. The van der Waals surface area contributed by atoms with Gasteiger partial charge in [-0.2, -0.15) is 0 Å². The molecule has 1 N–H and O–H groups in total. The number of halogens is 1. The van der Waals surface area contributed by atoms with Crippen LogP contribution in [0.25, 0.3) is 0 Å². The van der Waals surface area contributed by atoms with Gasteiger partial charge in [-0.25, -0.2) is 0 Å². The Balaban J connectivity index is 0. The molecule has 0 aliphatic carbocycles. The maximum Gasteiger partial charge on any atom is 0.0766 e. The van der Waals surface area contributed by atoms with Gasteiger partial charge in [0, 0.05) is 0 Å². The number of nitrogens with one attached hydrogen (secondary N) is 1. The molecule has 0 spiro atoms. The predicted molar refractivity (Wildman–Crippen MR) is 102 cm³/mol. The van der Waals surface area contributed by atoms with Gasteiger partial charge in [0.15, 0.2) is 0 Å². The van der Waals surface area contributed by atoms with Gasteiger partial charge in [0.05, 0.1) is 20.6 Å². The van der Waals surface area contributed by atoms with Crippen LogP contribution in [0.3, 0.4) is 0 Å². The van der Waals surface area contributed by atoms with Crippen LogP contribution in [0.2, 0.25) is 0 Å². The highest BCUT2D eigenvalue weighted by Crippen LogP contribution is 2.13. The molecule has 0 fully saturated rings. The highest BCUT2D eigenvalue weighted by molar-refractivity contribution is 4.65. The summed E-state index contributed by atoms with van der Waals surface area (Å²) in [4.78, 5) is 1.59. The minimum absolute atomic E-state index is 0. The Morgan fingerprint density at radius 2 is 0.870 bits per heavy atom. The Bertz CT molecular complexity index is 216. The van der Waals surface area contributed by atoms with Gasteiger partial charge in [-0.3, -0.25) is 0 Å². The molecule has 0 unspecified atom stereocenters. The molecule has 0 aromatic rings. The van der Waals surface area contributed by atoms with Gasteiger partial charge in [-0.05, 0) is 25.7 Å². The molecule has 0 rings (SSSR count). The van der Waals surface area contributed by atoms with Gasteiger partial charge < -0.3 is 21.9 Å². The molecule has 0 aromatic heterocycles. The summed E-state index contributed by atoms with van der Waals surface area (Å²) in [5.41, 5.74) is 0. The van der Waals surface area contributed by atoms with E-state index in [0.29, 0.717) is 0 Å². The Kier molecular flexibility index (Phi) is 24.5. The summed E-state index contributed by atoms with van der Waals surface area (Å²) < 4.78 is 0. The summed E-state index contributed by atoms with van der Waals surface area (Å²) >= 11 is 0. The van der Waals surface area contributed by atoms with E-state index in [2.05, 4.69) is 20.7 Å². The smallest absolute Gasteiger partial charge is 0.0766 e. The number of rotatable bonds is 18. The van der Waals surface area contributed by atoms with Crippen LogP contribution in [0, 0.1) is 0 Å². The van der Waals surface area contributed by atoms with E-state index in [1.165, 1.54) is 109 Å². The van der Waals surface area contributed by atoms with E-state index in [1.807, 2.05) is 6.08 Å². The minimum Gasteiger partial charge on any atom is -1.00 e. The number of quaternary nitrogens is 1. The highest BCUT2D eigenvalue weighted by atomic mass is 79.9. The van der Waals surface area contributed by atoms with Gasteiger partial charge >= 0.3 is 0 Å².